The molecule has 29 heavy (non-hydrogen) atoms. The van der Waals surface area contributed by atoms with Crippen molar-refractivity contribution < 1.29 is 13.4 Å². The zero-order valence-corrected chi connectivity index (χ0v) is 15.6. The van der Waals surface area contributed by atoms with Gasteiger partial charge < -0.3 is 4.42 Å². The molecule has 5 rings (SSSR count). The van der Waals surface area contributed by atoms with Gasteiger partial charge >= 0.3 is 0 Å². The van der Waals surface area contributed by atoms with Gasteiger partial charge in [-0.15, -0.1) is 0 Å². The van der Waals surface area contributed by atoms with Crippen LogP contribution in [0.1, 0.15) is 5.56 Å². The molecule has 0 atom stereocenters. The van der Waals surface area contributed by atoms with Gasteiger partial charge in [0, 0.05) is 6.07 Å². The average molecular weight is 381 g/mol. The van der Waals surface area contributed by atoms with Gasteiger partial charge in [0.15, 0.2) is 24.5 Å². The highest BCUT2D eigenvalue weighted by Gasteiger charge is 2.14. The maximum absolute atomic E-state index is 14.0. The van der Waals surface area contributed by atoms with E-state index >= 15 is 0 Å². The third-order valence-electron chi connectivity index (χ3n) is 4.91. The quantitative estimate of drug-likeness (QED) is 0.377. The van der Waals surface area contributed by atoms with Crippen molar-refractivity contribution in [3.05, 3.63) is 109 Å². The molecule has 0 spiro atoms. The number of benzene rings is 3. The van der Waals surface area contributed by atoms with Gasteiger partial charge in [-0.2, -0.15) is 4.57 Å². The van der Waals surface area contributed by atoms with E-state index in [2.05, 4.69) is 17.1 Å². The van der Waals surface area contributed by atoms with Crippen molar-refractivity contribution in [3.8, 4) is 22.6 Å². The Morgan fingerprint density at radius 3 is 2.45 bits per heavy atom. The molecule has 3 aromatic carbocycles. The Bertz CT molecular complexity index is 1290. The molecule has 140 valence electrons. The van der Waals surface area contributed by atoms with Crippen molar-refractivity contribution in [1.29, 1.82) is 0 Å². The molecule has 2 aromatic heterocycles. The molecular weight excluding hydrogens is 363 g/mol. The van der Waals surface area contributed by atoms with Crippen LogP contribution in [-0.2, 0) is 6.54 Å². The second-order valence-corrected chi connectivity index (χ2v) is 6.92. The molecule has 0 amide bonds. The first-order chi connectivity index (χ1) is 14.3. The van der Waals surface area contributed by atoms with E-state index in [4.69, 9.17) is 4.42 Å². The van der Waals surface area contributed by atoms with E-state index in [1.807, 2.05) is 71.6 Å². The maximum atomic E-state index is 14.0. The topological polar surface area (TPSA) is 29.9 Å². The Balaban J connectivity index is 1.48. The monoisotopic (exact) mass is 381 g/mol. The molecule has 0 saturated carbocycles. The Labute approximate surface area is 167 Å². The van der Waals surface area contributed by atoms with Crippen molar-refractivity contribution >= 4 is 11.1 Å². The van der Waals surface area contributed by atoms with Crippen LogP contribution in [0.2, 0.25) is 0 Å². The van der Waals surface area contributed by atoms with E-state index in [0.29, 0.717) is 18.0 Å². The lowest BCUT2D eigenvalue weighted by atomic mass is 10.1. The van der Waals surface area contributed by atoms with Crippen molar-refractivity contribution in [2.75, 3.05) is 0 Å². The van der Waals surface area contributed by atoms with Gasteiger partial charge in [0.05, 0.1) is 5.56 Å². The van der Waals surface area contributed by atoms with Crippen molar-refractivity contribution in [2.24, 2.45) is 0 Å². The molecule has 5 aromatic rings. The lowest BCUT2D eigenvalue weighted by Crippen LogP contribution is -2.33. The normalized spacial score (nSPS) is 11.1. The average Bonchev–Trinajstić information content (AvgIpc) is 3.20. The lowest BCUT2D eigenvalue weighted by Gasteiger charge is -2.00. The number of aromatic nitrogens is 2. The highest BCUT2D eigenvalue weighted by molar-refractivity contribution is 5.82. The highest BCUT2D eigenvalue weighted by Crippen LogP contribution is 2.28. The molecule has 0 fully saturated rings. The Hall–Kier alpha value is -3.79. The summed E-state index contributed by atoms with van der Waals surface area (Å²) in [5.41, 5.74) is 5.28. The van der Waals surface area contributed by atoms with Crippen LogP contribution in [0.15, 0.2) is 102 Å². The number of hydrogen-bond acceptors (Lipinski definition) is 2. The zero-order chi connectivity index (χ0) is 19.6. The van der Waals surface area contributed by atoms with Gasteiger partial charge in [-0.3, -0.25) is 0 Å². The fourth-order valence-electron chi connectivity index (χ4n) is 3.43. The van der Waals surface area contributed by atoms with Gasteiger partial charge in [-0.25, -0.2) is 9.37 Å². The van der Waals surface area contributed by atoms with Crippen molar-refractivity contribution in [3.63, 3.8) is 0 Å². The zero-order valence-electron chi connectivity index (χ0n) is 15.6. The van der Waals surface area contributed by atoms with Crippen molar-refractivity contribution in [1.82, 2.24) is 4.98 Å². The number of pyridine rings is 1. The SMILES string of the molecule is Fc1ccccc1C[n+]1cccc(-c2nc3cc(-c4ccccc4)ccc3o2)c1. The molecule has 0 aliphatic carbocycles. The summed E-state index contributed by atoms with van der Waals surface area (Å²) >= 11 is 0. The third-order valence-corrected chi connectivity index (χ3v) is 4.91. The van der Waals surface area contributed by atoms with Crippen LogP contribution in [-0.4, -0.2) is 4.98 Å². The van der Waals surface area contributed by atoms with Crippen LogP contribution in [0.25, 0.3) is 33.7 Å². The van der Waals surface area contributed by atoms with E-state index < -0.39 is 0 Å². The third kappa shape index (κ3) is 3.52. The van der Waals surface area contributed by atoms with Crippen LogP contribution in [0.3, 0.4) is 0 Å². The van der Waals surface area contributed by atoms with E-state index in [9.17, 15) is 4.39 Å². The van der Waals surface area contributed by atoms with Gasteiger partial charge in [-0.1, -0.05) is 48.5 Å². The van der Waals surface area contributed by atoms with Crippen molar-refractivity contribution in [2.45, 2.75) is 6.54 Å². The van der Waals surface area contributed by atoms with Crippen LogP contribution < -0.4 is 4.57 Å². The summed E-state index contributed by atoms with van der Waals surface area (Å²) in [5.74, 6) is 0.341. The molecule has 0 unspecified atom stereocenters. The van der Waals surface area contributed by atoms with Crippen LogP contribution in [0.4, 0.5) is 4.39 Å². The van der Waals surface area contributed by atoms with Gasteiger partial charge in [0.1, 0.15) is 16.9 Å². The molecule has 0 aliphatic heterocycles. The van der Waals surface area contributed by atoms with E-state index in [-0.39, 0.29) is 5.82 Å². The number of nitrogens with zero attached hydrogens (tertiary/aromatic N) is 2. The molecule has 0 N–H and O–H groups in total. The molecule has 0 radical (unpaired) electrons. The Morgan fingerprint density at radius 1 is 0.793 bits per heavy atom. The number of hydrogen-bond donors (Lipinski definition) is 0. The molecule has 4 heteroatoms. The first-order valence-corrected chi connectivity index (χ1v) is 9.45. The summed E-state index contributed by atoms with van der Waals surface area (Å²) in [7, 11) is 0. The standard InChI is InChI=1S/C25H18FN2O/c26-22-11-5-4-9-20(22)16-28-14-6-10-21(17-28)25-27-23-15-19(12-13-24(23)29-25)18-7-2-1-3-8-18/h1-15,17H,16H2/q+1. The first kappa shape index (κ1) is 17.3. The minimum atomic E-state index is -0.208. The predicted octanol–water partition coefficient (Wildman–Crippen LogP) is 5.64. The van der Waals surface area contributed by atoms with Gasteiger partial charge in [0.25, 0.3) is 0 Å². The summed E-state index contributed by atoms with van der Waals surface area (Å²) in [4.78, 5) is 4.68. The lowest BCUT2D eigenvalue weighted by molar-refractivity contribution is -0.688. The van der Waals surface area contributed by atoms with E-state index in [1.165, 1.54) is 6.07 Å². The molecule has 0 aliphatic rings. The summed E-state index contributed by atoms with van der Waals surface area (Å²) in [6, 6.07) is 26.9. The minimum absolute atomic E-state index is 0.208. The van der Waals surface area contributed by atoms with Gasteiger partial charge in [-0.05, 0) is 41.5 Å². The highest BCUT2D eigenvalue weighted by atomic mass is 19.1. The van der Waals surface area contributed by atoms with E-state index in [1.54, 1.807) is 12.1 Å². The molecule has 3 nitrogen and oxygen atoms in total. The summed E-state index contributed by atoms with van der Waals surface area (Å²) in [6.07, 6.45) is 3.83. The second kappa shape index (κ2) is 7.32. The van der Waals surface area contributed by atoms with E-state index in [0.717, 1.165) is 27.8 Å². The molecule has 0 saturated heterocycles. The number of rotatable bonds is 4. The number of fused-ring (bicyclic) bond motifs is 1. The Kier molecular flexibility index (Phi) is 4.37. The Morgan fingerprint density at radius 2 is 1.59 bits per heavy atom. The second-order valence-electron chi connectivity index (χ2n) is 6.92. The van der Waals surface area contributed by atoms with Crippen LogP contribution >= 0.6 is 0 Å². The summed E-state index contributed by atoms with van der Waals surface area (Å²) in [5, 5.41) is 0. The smallest absolute Gasteiger partial charge is 0.233 e. The fourth-order valence-corrected chi connectivity index (χ4v) is 3.43. The molecule has 0 bridgehead atoms. The maximum Gasteiger partial charge on any atom is 0.233 e. The number of halogens is 1. The molecular formula is C25H18FN2O+. The minimum Gasteiger partial charge on any atom is -0.436 e. The number of oxazole rings is 1. The molecule has 2 heterocycles. The largest absolute Gasteiger partial charge is 0.436 e. The summed E-state index contributed by atoms with van der Waals surface area (Å²) in [6.45, 7) is 0.443. The predicted molar refractivity (Wildman–Crippen MR) is 111 cm³/mol. The van der Waals surface area contributed by atoms with Gasteiger partial charge in [0.2, 0.25) is 5.89 Å². The van der Waals surface area contributed by atoms with Crippen LogP contribution in [0.5, 0.6) is 0 Å². The fraction of sp³-hybridized carbons (Fsp3) is 0.0400. The first-order valence-electron chi connectivity index (χ1n) is 9.45. The summed E-state index contributed by atoms with van der Waals surface area (Å²) < 4.78 is 21.9. The van der Waals surface area contributed by atoms with Crippen LogP contribution in [0, 0.1) is 5.82 Å².